The van der Waals surface area contributed by atoms with Crippen LogP contribution < -0.4 is 21.1 Å². The third-order valence-corrected chi connectivity index (χ3v) is 5.04. The van der Waals surface area contributed by atoms with Crippen LogP contribution in [-0.4, -0.2) is 27.8 Å². The van der Waals surface area contributed by atoms with Crippen LogP contribution in [0.15, 0.2) is 39.8 Å². The summed E-state index contributed by atoms with van der Waals surface area (Å²) in [5.41, 5.74) is 14.2. The molecule has 0 amide bonds. The van der Waals surface area contributed by atoms with Crippen molar-refractivity contribution in [3.05, 3.63) is 29.8 Å². The zero-order valence-electron chi connectivity index (χ0n) is 13.6. The van der Waals surface area contributed by atoms with E-state index in [0.717, 1.165) is 31.4 Å². The molecule has 2 heterocycles. The molecule has 1 aromatic heterocycles. The molecular formula is C16H19N7OS. The van der Waals surface area contributed by atoms with Crippen LogP contribution in [0.25, 0.3) is 0 Å². The number of aromatic nitrogens is 2. The first-order valence-electron chi connectivity index (χ1n) is 8.20. The Balaban J connectivity index is 1.70. The van der Waals surface area contributed by atoms with E-state index in [1.54, 1.807) is 5.51 Å². The SMILES string of the molecule is NC1=NC2(CCCCC2)N(c2cccc(Oc3nncs3)c2)C(N)=N1. The molecule has 4 rings (SSSR count). The number of rotatable bonds is 3. The second kappa shape index (κ2) is 6.32. The largest absolute Gasteiger partial charge is 0.430 e. The number of nitrogens with zero attached hydrogens (tertiary/aromatic N) is 5. The molecule has 0 bridgehead atoms. The van der Waals surface area contributed by atoms with Crippen molar-refractivity contribution >= 4 is 28.9 Å². The summed E-state index contributed by atoms with van der Waals surface area (Å²) in [6, 6.07) is 7.67. The molecule has 25 heavy (non-hydrogen) atoms. The Kier molecular flexibility index (Phi) is 4.00. The number of hydrogen-bond acceptors (Lipinski definition) is 9. The molecular weight excluding hydrogens is 338 g/mol. The normalized spacial score (nSPS) is 19.4. The van der Waals surface area contributed by atoms with Gasteiger partial charge in [-0.25, -0.2) is 4.99 Å². The second-order valence-electron chi connectivity index (χ2n) is 6.12. The molecule has 1 aliphatic carbocycles. The van der Waals surface area contributed by atoms with Crippen LogP contribution in [0.5, 0.6) is 10.9 Å². The lowest BCUT2D eigenvalue weighted by Crippen LogP contribution is -2.58. The van der Waals surface area contributed by atoms with Gasteiger partial charge in [0.2, 0.25) is 11.9 Å². The third kappa shape index (κ3) is 3.02. The fraction of sp³-hybridized carbons (Fsp3) is 0.375. The molecule has 130 valence electrons. The highest BCUT2D eigenvalue weighted by molar-refractivity contribution is 7.11. The summed E-state index contributed by atoms with van der Waals surface area (Å²) in [4.78, 5) is 10.8. The second-order valence-corrected chi connectivity index (χ2v) is 6.92. The van der Waals surface area contributed by atoms with Gasteiger partial charge in [0.05, 0.1) is 0 Å². The van der Waals surface area contributed by atoms with Gasteiger partial charge < -0.3 is 16.2 Å². The Morgan fingerprint density at radius 1 is 1.16 bits per heavy atom. The Hall–Kier alpha value is -2.68. The zero-order chi connectivity index (χ0) is 17.3. The number of nitrogens with two attached hydrogens (primary N) is 2. The number of hydrogen-bond donors (Lipinski definition) is 2. The van der Waals surface area contributed by atoms with Crippen molar-refractivity contribution in [1.82, 2.24) is 10.2 Å². The van der Waals surface area contributed by atoms with E-state index >= 15 is 0 Å². The topological polar surface area (TPSA) is 115 Å². The third-order valence-electron chi connectivity index (χ3n) is 4.47. The highest BCUT2D eigenvalue weighted by Crippen LogP contribution is 2.40. The van der Waals surface area contributed by atoms with Crippen molar-refractivity contribution < 1.29 is 4.74 Å². The quantitative estimate of drug-likeness (QED) is 0.872. The van der Waals surface area contributed by atoms with Crippen molar-refractivity contribution in [3.8, 4) is 10.9 Å². The maximum absolute atomic E-state index is 6.25. The van der Waals surface area contributed by atoms with Crippen LogP contribution in [0.4, 0.5) is 5.69 Å². The van der Waals surface area contributed by atoms with Crippen LogP contribution in [0.1, 0.15) is 32.1 Å². The van der Waals surface area contributed by atoms with E-state index < -0.39 is 5.66 Å². The molecule has 9 heteroatoms. The Morgan fingerprint density at radius 2 is 2.00 bits per heavy atom. The molecule has 1 aliphatic heterocycles. The van der Waals surface area contributed by atoms with Gasteiger partial charge in [-0.05, 0) is 37.8 Å². The molecule has 1 aromatic carbocycles. The van der Waals surface area contributed by atoms with Crippen LogP contribution >= 0.6 is 11.3 Å². The molecule has 2 aliphatic rings. The minimum atomic E-state index is -0.463. The summed E-state index contributed by atoms with van der Waals surface area (Å²) in [7, 11) is 0. The van der Waals surface area contributed by atoms with Gasteiger partial charge >= 0.3 is 0 Å². The maximum atomic E-state index is 6.25. The average molecular weight is 357 g/mol. The molecule has 0 radical (unpaired) electrons. The summed E-state index contributed by atoms with van der Waals surface area (Å²) >= 11 is 1.34. The lowest BCUT2D eigenvalue weighted by molar-refractivity contribution is 0.305. The van der Waals surface area contributed by atoms with E-state index in [1.165, 1.54) is 17.8 Å². The first kappa shape index (κ1) is 15.8. The minimum absolute atomic E-state index is 0.247. The van der Waals surface area contributed by atoms with Gasteiger partial charge in [0, 0.05) is 11.8 Å². The van der Waals surface area contributed by atoms with E-state index in [-0.39, 0.29) is 5.96 Å². The van der Waals surface area contributed by atoms with Crippen LogP contribution in [0, 0.1) is 0 Å². The summed E-state index contributed by atoms with van der Waals surface area (Å²) in [5.74, 6) is 1.27. The maximum Gasteiger partial charge on any atom is 0.299 e. The number of benzene rings is 1. The van der Waals surface area contributed by atoms with Gasteiger partial charge in [-0.1, -0.05) is 28.9 Å². The first-order chi connectivity index (χ1) is 12.2. The Labute approximate surface area is 149 Å². The van der Waals surface area contributed by atoms with Gasteiger partial charge in [-0.3, -0.25) is 4.90 Å². The fourth-order valence-electron chi connectivity index (χ4n) is 3.49. The smallest absolute Gasteiger partial charge is 0.299 e. The average Bonchev–Trinajstić information content (AvgIpc) is 3.08. The van der Waals surface area contributed by atoms with Gasteiger partial charge in [0.25, 0.3) is 5.19 Å². The fourth-order valence-corrected chi connectivity index (χ4v) is 3.91. The highest BCUT2D eigenvalue weighted by atomic mass is 32.1. The van der Waals surface area contributed by atoms with E-state index in [0.29, 0.717) is 16.9 Å². The van der Waals surface area contributed by atoms with Gasteiger partial charge in [0.15, 0.2) is 0 Å². The summed E-state index contributed by atoms with van der Waals surface area (Å²) < 4.78 is 5.76. The molecule has 0 atom stereocenters. The zero-order valence-corrected chi connectivity index (χ0v) is 14.4. The predicted octanol–water partition coefficient (Wildman–Crippen LogP) is 2.44. The highest BCUT2D eigenvalue weighted by Gasteiger charge is 2.42. The molecule has 0 saturated heterocycles. The summed E-state index contributed by atoms with van der Waals surface area (Å²) in [5, 5.41) is 8.18. The molecule has 1 fully saturated rings. The predicted molar refractivity (Wildman–Crippen MR) is 98.0 cm³/mol. The van der Waals surface area contributed by atoms with E-state index in [2.05, 4.69) is 20.2 Å². The lowest BCUT2D eigenvalue weighted by atomic mass is 9.87. The van der Waals surface area contributed by atoms with Crippen molar-refractivity contribution in [2.75, 3.05) is 4.90 Å². The summed E-state index contributed by atoms with van der Waals surface area (Å²) in [6.45, 7) is 0. The lowest BCUT2D eigenvalue weighted by Gasteiger charge is -2.45. The van der Waals surface area contributed by atoms with Crippen LogP contribution in [0.2, 0.25) is 0 Å². The van der Waals surface area contributed by atoms with Crippen molar-refractivity contribution in [2.45, 2.75) is 37.8 Å². The number of anilines is 1. The van der Waals surface area contributed by atoms with Crippen molar-refractivity contribution in [1.29, 1.82) is 0 Å². The van der Waals surface area contributed by atoms with Crippen molar-refractivity contribution in [2.24, 2.45) is 21.5 Å². The van der Waals surface area contributed by atoms with Gasteiger partial charge in [-0.2, -0.15) is 4.99 Å². The Morgan fingerprint density at radius 3 is 2.76 bits per heavy atom. The molecule has 0 unspecified atom stereocenters. The van der Waals surface area contributed by atoms with Gasteiger partial charge in [0.1, 0.15) is 16.9 Å². The Bertz CT molecular complexity index is 812. The standard InChI is InChI=1S/C16H19N7OS/c17-13-20-14(18)23(16(21-13)7-2-1-3-8-16)11-5-4-6-12(9-11)24-15-22-19-10-25-15/h4-6,9-10H,1-3,7-8H2,(H4,17,18,20,21). The van der Waals surface area contributed by atoms with E-state index in [1.807, 2.05) is 29.2 Å². The number of ether oxygens (including phenoxy) is 1. The molecule has 4 N–H and O–H groups in total. The van der Waals surface area contributed by atoms with Crippen LogP contribution in [0.3, 0.4) is 0 Å². The number of aliphatic imine (C=N–C) groups is 2. The number of guanidine groups is 2. The van der Waals surface area contributed by atoms with Crippen molar-refractivity contribution in [3.63, 3.8) is 0 Å². The molecule has 1 spiro atoms. The molecule has 8 nitrogen and oxygen atoms in total. The molecule has 2 aromatic rings. The first-order valence-corrected chi connectivity index (χ1v) is 9.08. The van der Waals surface area contributed by atoms with Gasteiger partial charge in [-0.15, -0.1) is 5.10 Å². The van der Waals surface area contributed by atoms with Crippen LogP contribution in [-0.2, 0) is 0 Å². The monoisotopic (exact) mass is 357 g/mol. The molecule has 1 saturated carbocycles. The summed E-state index contributed by atoms with van der Waals surface area (Å²) in [6.07, 6.45) is 5.15. The van der Waals surface area contributed by atoms with E-state index in [4.69, 9.17) is 16.2 Å². The van der Waals surface area contributed by atoms with E-state index in [9.17, 15) is 0 Å². The minimum Gasteiger partial charge on any atom is -0.430 e.